The molecule has 1 aliphatic rings. The highest BCUT2D eigenvalue weighted by molar-refractivity contribution is 5.42. The van der Waals surface area contributed by atoms with E-state index in [1.165, 1.54) is 4.68 Å². The topological polar surface area (TPSA) is 80.4 Å². The summed E-state index contributed by atoms with van der Waals surface area (Å²) in [5.41, 5.74) is 2.19. The van der Waals surface area contributed by atoms with E-state index < -0.39 is 0 Å². The van der Waals surface area contributed by atoms with Gasteiger partial charge in [0.25, 0.3) is 5.56 Å². The number of aromatic nitrogens is 2. The zero-order chi connectivity index (χ0) is 19.6. The van der Waals surface area contributed by atoms with Gasteiger partial charge >= 0.3 is 0 Å². The van der Waals surface area contributed by atoms with Crippen LogP contribution in [0, 0.1) is 25.2 Å². The van der Waals surface area contributed by atoms with Crippen molar-refractivity contribution in [2.75, 3.05) is 20.8 Å². The van der Waals surface area contributed by atoms with Gasteiger partial charge in [-0.15, -0.1) is 0 Å². The second kappa shape index (κ2) is 7.80. The van der Waals surface area contributed by atoms with Crippen LogP contribution in [0.25, 0.3) is 0 Å². The predicted molar refractivity (Wildman–Crippen MR) is 101 cm³/mol. The molecule has 1 atom stereocenters. The van der Waals surface area contributed by atoms with E-state index in [1.54, 1.807) is 21.1 Å². The maximum absolute atomic E-state index is 12.6. The van der Waals surface area contributed by atoms with Crippen LogP contribution in [0.5, 0.6) is 11.5 Å². The van der Waals surface area contributed by atoms with Crippen LogP contribution >= 0.6 is 0 Å². The van der Waals surface area contributed by atoms with Crippen LogP contribution in [-0.2, 0) is 6.67 Å². The molecule has 0 radical (unpaired) electrons. The van der Waals surface area contributed by atoms with E-state index in [9.17, 15) is 10.1 Å². The molecule has 1 aromatic carbocycles. The average Bonchev–Trinajstić information content (AvgIpc) is 3.14. The number of hydrogen-bond donors (Lipinski definition) is 0. The fourth-order valence-corrected chi connectivity index (χ4v) is 3.62. The SMILES string of the molecule is COc1ccc(OC)c([C@H]2CCCN2Cn2nc(C)c(C)c(C#N)c2=O)c1. The minimum atomic E-state index is -0.344. The first-order chi connectivity index (χ1) is 13.0. The van der Waals surface area contributed by atoms with Crippen molar-refractivity contribution >= 4 is 0 Å². The fraction of sp³-hybridized carbons (Fsp3) is 0.450. The molecule has 27 heavy (non-hydrogen) atoms. The first-order valence-corrected chi connectivity index (χ1v) is 8.94. The summed E-state index contributed by atoms with van der Waals surface area (Å²) >= 11 is 0. The Morgan fingerprint density at radius 1 is 1.30 bits per heavy atom. The molecule has 1 aliphatic heterocycles. The summed E-state index contributed by atoms with van der Waals surface area (Å²) in [6.45, 7) is 4.75. The van der Waals surface area contributed by atoms with Gasteiger partial charge in [0.1, 0.15) is 23.1 Å². The third-order valence-corrected chi connectivity index (χ3v) is 5.22. The molecule has 0 aliphatic carbocycles. The molecule has 2 aromatic rings. The number of rotatable bonds is 5. The van der Waals surface area contributed by atoms with Gasteiger partial charge in [0.2, 0.25) is 0 Å². The zero-order valence-corrected chi connectivity index (χ0v) is 16.2. The lowest BCUT2D eigenvalue weighted by Crippen LogP contribution is -2.35. The van der Waals surface area contributed by atoms with Crippen LogP contribution in [0.1, 0.15) is 41.3 Å². The predicted octanol–water partition coefficient (Wildman–Crippen LogP) is 2.54. The lowest BCUT2D eigenvalue weighted by atomic mass is 10.0. The fourth-order valence-electron chi connectivity index (χ4n) is 3.62. The van der Waals surface area contributed by atoms with Crippen LogP contribution < -0.4 is 15.0 Å². The lowest BCUT2D eigenvalue weighted by Gasteiger charge is -2.26. The van der Waals surface area contributed by atoms with Crippen molar-refractivity contribution < 1.29 is 9.47 Å². The molecule has 1 fully saturated rings. The molecule has 2 heterocycles. The Labute approximate surface area is 158 Å². The van der Waals surface area contributed by atoms with E-state index in [-0.39, 0.29) is 17.2 Å². The van der Waals surface area contributed by atoms with E-state index in [0.717, 1.165) is 36.4 Å². The number of hydrogen-bond acceptors (Lipinski definition) is 6. The van der Waals surface area contributed by atoms with Crippen LogP contribution in [0.2, 0.25) is 0 Å². The average molecular weight is 368 g/mol. The maximum atomic E-state index is 12.6. The van der Waals surface area contributed by atoms with Gasteiger partial charge in [-0.05, 0) is 50.5 Å². The normalized spacial score (nSPS) is 16.9. The van der Waals surface area contributed by atoms with Crippen molar-refractivity contribution in [3.63, 3.8) is 0 Å². The summed E-state index contributed by atoms with van der Waals surface area (Å²) in [7, 11) is 3.29. The van der Waals surface area contributed by atoms with Crippen LogP contribution in [0.15, 0.2) is 23.0 Å². The van der Waals surface area contributed by atoms with Gasteiger partial charge in [-0.1, -0.05) is 0 Å². The van der Waals surface area contributed by atoms with Crippen molar-refractivity contribution in [2.24, 2.45) is 0 Å². The minimum absolute atomic E-state index is 0.0934. The number of benzene rings is 1. The Balaban J connectivity index is 1.97. The van der Waals surface area contributed by atoms with Gasteiger partial charge < -0.3 is 9.47 Å². The molecular weight excluding hydrogens is 344 g/mol. The maximum Gasteiger partial charge on any atom is 0.286 e. The summed E-state index contributed by atoms with van der Waals surface area (Å²) in [6, 6.07) is 7.87. The van der Waals surface area contributed by atoms with Crippen molar-refractivity contribution in [2.45, 2.75) is 39.4 Å². The lowest BCUT2D eigenvalue weighted by molar-refractivity contribution is 0.183. The molecule has 0 saturated carbocycles. The van der Waals surface area contributed by atoms with E-state index in [1.807, 2.05) is 31.2 Å². The molecule has 0 spiro atoms. The largest absolute Gasteiger partial charge is 0.497 e. The van der Waals surface area contributed by atoms with Crippen molar-refractivity contribution in [3.8, 4) is 17.6 Å². The van der Waals surface area contributed by atoms with Gasteiger partial charge in [0, 0.05) is 18.2 Å². The third-order valence-electron chi connectivity index (χ3n) is 5.22. The van der Waals surface area contributed by atoms with Crippen LogP contribution in [0.4, 0.5) is 0 Å². The number of nitrogens with zero attached hydrogens (tertiary/aromatic N) is 4. The van der Waals surface area contributed by atoms with Crippen LogP contribution in [0.3, 0.4) is 0 Å². The third kappa shape index (κ3) is 3.53. The second-order valence-electron chi connectivity index (χ2n) is 6.72. The monoisotopic (exact) mass is 368 g/mol. The minimum Gasteiger partial charge on any atom is -0.497 e. The molecule has 142 valence electrons. The van der Waals surface area contributed by atoms with Gasteiger partial charge in [-0.3, -0.25) is 9.69 Å². The molecule has 3 rings (SSSR count). The summed E-state index contributed by atoms with van der Waals surface area (Å²) in [6.07, 6.45) is 1.96. The summed E-state index contributed by atoms with van der Waals surface area (Å²) in [4.78, 5) is 14.8. The molecule has 0 N–H and O–H groups in total. The molecule has 0 unspecified atom stereocenters. The van der Waals surface area contributed by atoms with Crippen molar-refractivity contribution in [1.29, 1.82) is 5.26 Å². The van der Waals surface area contributed by atoms with E-state index in [0.29, 0.717) is 17.9 Å². The first-order valence-electron chi connectivity index (χ1n) is 8.94. The standard InChI is InChI=1S/C20H24N4O3/c1-13-14(2)22-24(20(25)17(13)11-21)12-23-9-5-6-18(23)16-10-15(26-3)7-8-19(16)27-4/h7-8,10,18H,5-6,9,12H2,1-4H3/t18-/m1/s1. The number of aryl methyl sites for hydroxylation is 1. The molecule has 7 heteroatoms. The molecule has 0 amide bonds. The smallest absolute Gasteiger partial charge is 0.286 e. The quantitative estimate of drug-likeness (QED) is 0.807. The Morgan fingerprint density at radius 2 is 2.07 bits per heavy atom. The number of ether oxygens (including phenoxy) is 2. The number of methoxy groups -OCH3 is 2. The molecule has 7 nitrogen and oxygen atoms in total. The summed E-state index contributed by atoms with van der Waals surface area (Å²) < 4.78 is 12.3. The van der Waals surface area contributed by atoms with Gasteiger partial charge in [-0.2, -0.15) is 10.4 Å². The molecule has 0 bridgehead atoms. The second-order valence-corrected chi connectivity index (χ2v) is 6.72. The highest BCUT2D eigenvalue weighted by Crippen LogP contribution is 2.38. The Kier molecular flexibility index (Phi) is 5.47. The number of nitriles is 1. The van der Waals surface area contributed by atoms with Crippen LogP contribution in [-0.4, -0.2) is 35.4 Å². The van der Waals surface area contributed by atoms with Gasteiger partial charge in [0.15, 0.2) is 0 Å². The van der Waals surface area contributed by atoms with Crippen molar-refractivity contribution in [1.82, 2.24) is 14.7 Å². The highest BCUT2D eigenvalue weighted by atomic mass is 16.5. The Bertz CT molecular complexity index is 945. The first kappa shape index (κ1) is 18.9. The molecule has 1 aromatic heterocycles. The Morgan fingerprint density at radius 3 is 2.74 bits per heavy atom. The zero-order valence-electron chi connectivity index (χ0n) is 16.2. The Hall–Kier alpha value is -2.85. The molecule has 1 saturated heterocycles. The van der Waals surface area contributed by atoms with Crippen molar-refractivity contribution in [3.05, 3.63) is 50.9 Å². The van der Waals surface area contributed by atoms with Gasteiger partial charge in [0.05, 0.1) is 26.6 Å². The summed E-state index contributed by atoms with van der Waals surface area (Å²) in [5.74, 6) is 1.57. The highest BCUT2D eigenvalue weighted by Gasteiger charge is 2.29. The van der Waals surface area contributed by atoms with E-state index in [4.69, 9.17) is 9.47 Å². The van der Waals surface area contributed by atoms with E-state index in [2.05, 4.69) is 10.00 Å². The summed E-state index contributed by atoms with van der Waals surface area (Å²) in [5, 5.41) is 13.7. The van der Waals surface area contributed by atoms with E-state index >= 15 is 0 Å². The number of likely N-dealkylation sites (tertiary alicyclic amines) is 1. The van der Waals surface area contributed by atoms with Gasteiger partial charge in [-0.25, -0.2) is 4.68 Å². The molecular formula is C20H24N4O3.